The van der Waals surface area contributed by atoms with Crippen LogP contribution >= 0.6 is 0 Å². The summed E-state index contributed by atoms with van der Waals surface area (Å²) in [6.45, 7) is 2.02. The summed E-state index contributed by atoms with van der Waals surface area (Å²) >= 11 is 0. The zero-order chi connectivity index (χ0) is 12.9. The van der Waals surface area contributed by atoms with Crippen LogP contribution in [0.1, 0.15) is 18.9 Å². The van der Waals surface area contributed by atoms with Gasteiger partial charge in [0.25, 0.3) is 0 Å². The number of sulfonamides is 1. The first-order chi connectivity index (χ1) is 7.99. The van der Waals surface area contributed by atoms with Gasteiger partial charge in [0.1, 0.15) is 5.82 Å². The van der Waals surface area contributed by atoms with E-state index in [4.69, 9.17) is 5.73 Å². The molecule has 1 aromatic rings. The van der Waals surface area contributed by atoms with E-state index in [0.717, 1.165) is 0 Å². The molecule has 1 rings (SSSR count). The Kier molecular flexibility index (Phi) is 5.04. The average Bonchev–Trinajstić information content (AvgIpc) is 2.29. The smallest absolute Gasteiger partial charge is 0.216 e. The maximum absolute atomic E-state index is 12.6. The number of nitrogens with two attached hydrogens (primary N) is 1. The largest absolute Gasteiger partial charge is 0.329 e. The molecule has 6 heteroatoms. The van der Waals surface area contributed by atoms with Crippen molar-refractivity contribution in [2.75, 3.05) is 6.54 Å². The highest BCUT2D eigenvalue weighted by Gasteiger charge is 2.21. The van der Waals surface area contributed by atoms with Gasteiger partial charge in [-0.05, 0) is 24.1 Å². The van der Waals surface area contributed by atoms with E-state index in [9.17, 15) is 12.8 Å². The van der Waals surface area contributed by atoms with Crippen molar-refractivity contribution in [3.8, 4) is 0 Å². The van der Waals surface area contributed by atoms with Gasteiger partial charge >= 0.3 is 0 Å². The molecule has 3 N–H and O–H groups in total. The van der Waals surface area contributed by atoms with Crippen LogP contribution in [0.25, 0.3) is 0 Å². The molecule has 0 amide bonds. The predicted molar refractivity (Wildman–Crippen MR) is 65.3 cm³/mol. The van der Waals surface area contributed by atoms with Gasteiger partial charge in [-0.1, -0.05) is 19.1 Å². The fourth-order valence-electron chi connectivity index (χ4n) is 1.42. The first-order valence-electron chi connectivity index (χ1n) is 5.42. The second-order valence-electron chi connectivity index (χ2n) is 3.76. The third kappa shape index (κ3) is 4.07. The molecule has 0 aliphatic heterocycles. The first-order valence-corrected chi connectivity index (χ1v) is 6.97. The molecule has 0 saturated carbocycles. The van der Waals surface area contributed by atoms with Crippen LogP contribution in [-0.4, -0.2) is 20.2 Å². The molecule has 0 heterocycles. The fraction of sp³-hybridized carbons (Fsp3) is 0.455. The van der Waals surface area contributed by atoms with E-state index in [-0.39, 0.29) is 18.9 Å². The van der Waals surface area contributed by atoms with Crippen LogP contribution in [-0.2, 0) is 16.6 Å². The molecule has 0 aliphatic rings. The summed E-state index contributed by atoms with van der Waals surface area (Å²) in [7, 11) is -3.40. The number of halogens is 1. The number of nitrogens with one attached hydrogen (secondary N) is 1. The van der Waals surface area contributed by atoms with Crippen molar-refractivity contribution in [1.29, 1.82) is 0 Å². The van der Waals surface area contributed by atoms with Gasteiger partial charge < -0.3 is 5.73 Å². The maximum Gasteiger partial charge on any atom is 0.216 e. The van der Waals surface area contributed by atoms with Crippen LogP contribution in [0.3, 0.4) is 0 Å². The van der Waals surface area contributed by atoms with Gasteiger partial charge in [-0.3, -0.25) is 0 Å². The third-order valence-electron chi connectivity index (χ3n) is 2.55. The van der Waals surface area contributed by atoms with E-state index < -0.39 is 15.3 Å². The Balaban J connectivity index is 2.64. The van der Waals surface area contributed by atoms with Crippen LogP contribution in [0.4, 0.5) is 4.39 Å². The van der Waals surface area contributed by atoms with Gasteiger partial charge in [0.2, 0.25) is 10.0 Å². The summed E-state index contributed by atoms with van der Waals surface area (Å²) < 4.78 is 38.6. The Morgan fingerprint density at radius 2 is 1.94 bits per heavy atom. The highest BCUT2D eigenvalue weighted by atomic mass is 32.2. The Morgan fingerprint density at radius 3 is 2.41 bits per heavy atom. The van der Waals surface area contributed by atoms with Crippen LogP contribution < -0.4 is 10.5 Å². The molecule has 0 saturated heterocycles. The molecule has 0 bridgehead atoms. The molecule has 0 fully saturated rings. The Hall–Kier alpha value is -0.980. The fourth-order valence-corrected chi connectivity index (χ4v) is 2.71. The molecular weight excluding hydrogens is 243 g/mol. The van der Waals surface area contributed by atoms with Crippen LogP contribution in [0, 0.1) is 5.82 Å². The highest BCUT2D eigenvalue weighted by Crippen LogP contribution is 2.06. The third-order valence-corrected chi connectivity index (χ3v) is 4.50. The lowest BCUT2D eigenvalue weighted by atomic mass is 10.2. The molecule has 0 aromatic heterocycles. The maximum atomic E-state index is 12.6. The zero-order valence-corrected chi connectivity index (χ0v) is 10.5. The Labute approximate surface area is 101 Å². The van der Waals surface area contributed by atoms with Gasteiger partial charge in [0.05, 0.1) is 5.25 Å². The molecule has 17 heavy (non-hydrogen) atoms. The normalized spacial score (nSPS) is 13.6. The Morgan fingerprint density at radius 1 is 1.35 bits per heavy atom. The standard InChI is InChI=1S/C11H17FN2O2S/c1-2-11(7-13)17(15,16)14-8-9-3-5-10(12)6-4-9/h3-6,11,14H,2,7-8,13H2,1H3. The van der Waals surface area contributed by atoms with Gasteiger partial charge in [0.15, 0.2) is 0 Å². The van der Waals surface area contributed by atoms with E-state index in [1.165, 1.54) is 12.1 Å². The van der Waals surface area contributed by atoms with Crippen molar-refractivity contribution in [3.63, 3.8) is 0 Å². The summed E-state index contributed by atoms with van der Waals surface area (Å²) in [4.78, 5) is 0. The summed E-state index contributed by atoms with van der Waals surface area (Å²) in [6, 6.07) is 5.68. The van der Waals surface area contributed by atoms with Crippen molar-refractivity contribution >= 4 is 10.0 Å². The van der Waals surface area contributed by atoms with Crippen LogP contribution in [0.5, 0.6) is 0 Å². The first kappa shape index (κ1) is 14.1. The SMILES string of the molecule is CCC(CN)S(=O)(=O)NCc1ccc(F)cc1. The van der Waals surface area contributed by atoms with Crippen molar-refractivity contribution in [3.05, 3.63) is 35.6 Å². The highest BCUT2D eigenvalue weighted by molar-refractivity contribution is 7.90. The van der Waals surface area contributed by atoms with Gasteiger partial charge in [-0.2, -0.15) is 0 Å². The lowest BCUT2D eigenvalue weighted by Crippen LogP contribution is -2.38. The number of rotatable bonds is 6. The molecule has 4 nitrogen and oxygen atoms in total. The van der Waals surface area contributed by atoms with Crippen molar-refractivity contribution in [1.82, 2.24) is 4.72 Å². The average molecular weight is 260 g/mol. The molecule has 1 unspecified atom stereocenters. The summed E-state index contributed by atoms with van der Waals surface area (Å²) in [5, 5.41) is -0.581. The monoisotopic (exact) mass is 260 g/mol. The van der Waals surface area contributed by atoms with Crippen molar-refractivity contribution in [2.45, 2.75) is 25.1 Å². The molecule has 0 radical (unpaired) electrons. The molecule has 1 atom stereocenters. The summed E-state index contributed by atoms with van der Waals surface area (Å²) in [5.41, 5.74) is 6.10. The molecule has 96 valence electrons. The lowest BCUT2D eigenvalue weighted by Gasteiger charge is -2.14. The second-order valence-corrected chi connectivity index (χ2v) is 5.80. The second kappa shape index (κ2) is 6.09. The minimum absolute atomic E-state index is 0.0925. The van der Waals surface area contributed by atoms with Gasteiger partial charge in [-0.25, -0.2) is 17.5 Å². The van der Waals surface area contributed by atoms with Crippen molar-refractivity contribution < 1.29 is 12.8 Å². The minimum atomic E-state index is -3.40. The van der Waals surface area contributed by atoms with Crippen LogP contribution in [0.2, 0.25) is 0 Å². The lowest BCUT2D eigenvalue weighted by molar-refractivity contribution is 0.560. The quantitative estimate of drug-likeness (QED) is 0.801. The number of hydrogen-bond acceptors (Lipinski definition) is 3. The van der Waals surface area contributed by atoms with E-state index in [1.54, 1.807) is 19.1 Å². The minimum Gasteiger partial charge on any atom is -0.329 e. The topological polar surface area (TPSA) is 72.2 Å². The van der Waals surface area contributed by atoms with E-state index in [0.29, 0.717) is 12.0 Å². The van der Waals surface area contributed by atoms with Gasteiger partial charge in [0, 0.05) is 13.1 Å². The molecule has 0 spiro atoms. The van der Waals surface area contributed by atoms with Crippen LogP contribution in [0.15, 0.2) is 24.3 Å². The summed E-state index contributed by atoms with van der Waals surface area (Å²) in [5.74, 6) is -0.343. The number of benzene rings is 1. The van der Waals surface area contributed by atoms with E-state index >= 15 is 0 Å². The number of hydrogen-bond donors (Lipinski definition) is 2. The van der Waals surface area contributed by atoms with E-state index in [1.807, 2.05) is 0 Å². The predicted octanol–water partition coefficient (Wildman–Crippen LogP) is 0.982. The van der Waals surface area contributed by atoms with Crippen molar-refractivity contribution in [2.24, 2.45) is 5.73 Å². The van der Waals surface area contributed by atoms with E-state index in [2.05, 4.69) is 4.72 Å². The zero-order valence-electron chi connectivity index (χ0n) is 9.69. The molecule has 1 aromatic carbocycles. The van der Waals surface area contributed by atoms with Gasteiger partial charge in [-0.15, -0.1) is 0 Å². The summed E-state index contributed by atoms with van der Waals surface area (Å²) in [6.07, 6.45) is 0.468. The molecule has 0 aliphatic carbocycles. The Bertz CT molecular complexity index is 441. The molecular formula is C11H17FN2O2S.